The molecule has 1 amide bonds. The Morgan fingerprint density at radius 1 is 1.05 bits per heavy atom. The Morgan fingerprint density at radius 3 is 2.59 bits per heavy atom. The summed E-state index contributed by atoms with van der Waals surface area (Å²) in [5, 5.41) is 37.5. The molecule has 0 saturated carbocycles. The molecule has 3 aromatic carbocycles. The van der Waals surface area contributed by atoms with Crippen LogP contribution in [-0.2, 0) is 0 Å². The van der Waals surface area contributed by atoms with Crippen molar-refractivity contribution in [2.75, 3.05) is 5.32 Å². The van der Waals surface area contributed by atoms with Crippen LogP contribution < -0.4 is 5.32 Å². The fourth-order valence-corrected chi connectivity index (χ4v) is 3.90. The largest absolute Gasteiger partial charge is 0.505 e. The van der Waals surface area contributed by atoms with Gasteiger partial charge < -0.3 is 10.4 Å². The van der Waals surface area contributed by atoms with Crippen LogP contribution in [0.4, 0.5) is 17.2 Å². The lowest BCUT2D eigenvalue weighted by molar-refractivity contribution is 0.102. The molecule has 0 radical (unpaired) electrons. The van der Waals surface area contributed by atoms with Crippen molar-refractivity contribution in [3.05, 3.63) is 95.4 Å². The van der Waals surface area contributed by atoms with E-state index in [9.17, 15) is 15.2 Å². The molecule has 10 nitrogen and oxygen atoms in total. The van der Waals surface area contributed by atoms with Crippen molar-refractivity contribution in [3.8, 4) is 17.8 Å². The molecule has 0 atom stereocenters. The Labute approximate surface area is 211 Å². The number of nitrogens with one attached hydrogen (secondary N) is 1. The molecular weight excluding hydrogens is 468 g/mol. The quantitative estimate of drug-likeness (QED) is 0.305. The Morgan fingerprint density at radius 2 is 1.84 bits per heavy atom. The molecule has 5 rings (SSSR count). The van der Waals surface area contributed by atoms with E-state index in [1.807, 2.05) is 50.2 Å². The number of phenols is 1. The van der Waals surface area contributed by atoms with Gasteiger partial charge in [-0.3, -0.25) is 4.79 Å². The number of phenolic OH excluding ortho intramolecular Hbond substituents is 1. The van der Waals surface area contributed by atoms with Crippen molar-refractivity contribution in [3.63, 3.8) is 0 Å². The van der Waals surface area contributed by atoms with E-state index >= 15 is 0 Å². The van der Waals surface area contributed by atoms with Crippen LogP contribution in [0.25, 0.3) is 16.7 Å². The lowest BCUT2D eigenvalue weighted by Crippen LogP contribution is -2.13. The average molecular weight is 489 g/mol. The van der Waals surface area contributed by atoms with E-state index in [1.165, 1.54) is 23.3 Å². The third kappa shape index (κ3) is 4.49. The maximum atomic E-state index is 13.2. The molecule has 0 aliphatic rings. The van der Waals surface area contributed by atoms with Crippen molar-refractivity contribution in [2.24, 2.45) is 10.2 Å². The molecule has 2 heterocycles. The molecule has 0 spiro atoms. The van der Waals surface area contributed by atoms with Crippen LogP contribution in [0.1, 0.15) is 27.0 Å². The zero-order chi connectivity index (χ0) is 25.9. The van der Waals surface area contributed by atoms with Crippen LogP contribution in [0.15, 0.2) is 83.4 Å². The minimum Gasteiger partial charge on any atom is -0.505 e. The van der Waals surface area contributed by atoms with Gasteiger partial charge in [0.25, 0.3) is 11.9 Å². The monoisotopic (exact) mass is 488 g/mol. The molecule has 0 fully saturated rings. The molecule has 2 aromatic heterocycles. The van der Waals surface area contributed by atoms with Gasteiger partial charge in [0.15, 0.2) is 11.6 Å². The molecule has 180 valence electrons. The van der Waals surface area contributed by atoms with Crippen molar-refractivity contribution in [1.29, 1.82) is 5.26 Å². The van der Waals surface area contributed by atoms with Gasteiger partial charge in [-0.15, -0.1) is 10.2 Å². The molecule has 0 aliphatic heterocycles. The summed E-state index contributed by atoms with van der Waals surface area (Å²) >= 11 is 0. The highest BCUT2D eigenvalue weighted by atomic mass is 16.3. The number of hydrogen-bond donors (Lipinski definition) is 2. The third-order valence-electron chi connectivity index (χ3n) is 5.72. The van der Waals surface area contributed by atoms with Crippen LogP contribution in [0.3, 0.4) is 0 Å². The van der Waals surface area contributed by atoms with E-state index in [4.69, 9.17) is 0 Å². The number of fused-ring (bicyclic) bond motifs is 1. The SMILES string of the molecule is Cc1ccc(NC(=O)c2cc3ccccc3c(N=Nc3c(C#N)cnn3-c3ncccn3)c2O)c(C)c1. The molecule has 0 saturated heterocycles. The van der Waals surface area contributed by atoms with Crippen LogP contribution in [0, 0.1) is 25.2 Å². The summed E-state index contributed by atoms with van der Waals surface area (Å²) in [5.41, 5.74) is 2.86. The van der Waals surface area contributed by atoms with Gasteiger partial charge in [0, 0.05) is 23.5 Å². The topological polar surface area (TPSA) is 141 Å². The van der Waals surface area contributed by atoms with E-state index in [0.29, 0.717) is 16.5 Å². The second-order valence-corrected chi connectivity index (χ2v) is 8.27. The zero-order valence-electron chi connectivity index (χ0n) is 19.9. The second kappa shape index (κ2) is 9.67. The number of aryl methyl sites for hydroxylation is 2. The third-order valence-corrected chi connectivity index (χ3v) is 5.72. The Kier molecular flexibility index (Phi) is 6.10. The molecule has 37 heavy (non-hydrogen) atoms. The molecular formula is C27H20N8O2. The lowest BCUT2D eigenvalue weighted by atomic mass is 10.0. The maximum Gasteiger partial charge on any atom is 0.259 e. The highest BCUT2D eigenvalue weighted by Gasteiger charge is 2.20. The number of anilines is 1. The number of amides is 1. The van der Waals surface area contributed by atoms with Gasteiger partial charge in [0.05, 0.1) is 11.8 Å². The highest BCUT2D eigenvalue weighted by molar-refractivity contribution is 6.12. The summed E-state index contributed by atoms with van der Waals surface area (Å²) in [4.78, 5) is 21.5. The van der Waals surface area contributed by atoms with Gasteiger partial charge in [-0.1, -0.05) is 42.0 Å². The summed E-state index contributed by atoms with van der Waals surface area (Å²) in [6.45, 7) is 3.87. The highest BCUT2D eigenvalue weighted by Crippen LogP contribution is 2.40. The van der Waals surface area contributed by atoms with Gasteiger partial charge >= 0.3 is 0 Å². The number of rotatable bonds is 5. The van der Waals surface area contributed by atoms with Crippen LogP contribution >= 0.6 is 0 Å². The van der Waals surface area contributed by atoms with E-state index in [1.54, 1.807) is 24.3 Å². The second-order valence-electron chi connectivity index (χ2n) is 8.27. The Balaban J connectivity index is 1.60. The molecule has 10 heteroatoms. The smallest absolute Gasteiger partial charge is 0.259 e. The molecule has 2 N–H and O–H groups in total. The van der Waals surface area contributed by atoms with E-state index in [-0.39, 0.29) is 34.3 Å². The first kappa shape index (κ1) is 23.3. The number of nitrogens with zero attached hydrogens (tertiary/aromatic N) is 7. The summed E-state index contributed by atoms with van der Waals surface area (Å²) in [7, 11) is 0. The Bertz CT molecular complexity index is 1720. The molecule has 0 aliphatic carbocycles. The number of aromatic nitrogens is 4. The van der Waals surface area contributed by atoms with Crippen LogP contribution in [0.5, 0.6) is 5.75 Å². The van der Waals surface area contributed by atoms with Crippen molar-refractivity contribution < 1.29 is 9.90 Å². The fraction of sp³-hybridized carbons (Fsp3) is 0.0741. The summed E-state index contributed by atoms with van der Waals surface area (Å²) in [5.74, 6) is -0.548. The standard InChI is InChI=1S/C27H20N8O2/c1-16-8-9-22(17(2)12-16)32-26(37)21-13-18-6-3-4-7-20(18)23(24(21)36)33-34-25-19(14-28)15-31-35(25)27-29-10-5-11-30-27/h3-13,15,36H,1-2H3,(H,32,37). The predicted molar refractivity (Wildman–Crippen MR) is 138 cm³/mol. The zero-order valence-corrected chi connectivity index (χ0v) is 19.9. The number of hydrogen-bond acceptors (Lipinski definition) is 8. The van der Waals surface area contributed by atoms with Crippen molar-refractivity contribution in [1.82, 2.24) is 19.7 Å². The van der Waals surface area contributed by atoms with Crippen molar-refractivity contribution in [2.45, 2.75) is 13.8 Å². The molecule has 0 bridgehead atoms. The van der Waals surface area contributed by atoms with Gasteiger partial charge in [-0.05, 0) is 43.0 Å². The average Bonchev–Trinajstić information content (AvgIpc) is 3.33. The normalized spacial score (nSPS) is 11.1. The number of azo groups is 1. The number of carbonyl (C=O) groups excluding carboxylic acids is 1. The number of nitriles is 1. The molecule has 0 unspecified atom stereocenters. The minimum atomic E-state index is -0.493. The van der Waals surface area contributed by atoms with Gasteiger partial charge in [-0.2, -0.15) is 15.0 Å². The fourth-order valence-electron chi connectivity index (χ4n) is 3.90. The maximum absolute atomic E-state index is 13.2. The van der Waals surface area contributed by atoms with Crippen LogP contribution in [-0.4, -0.2) is 30.8 Å². The first-order valence-corrected chi connectivity index (χ1v) is 11.3. The van der Waals surface area contributed by atoms with Gasteiger partial charge in [-0.25, -0.2) is 9.97 Å². The minimum absolute atomic E-state index is 0.0352. The Hall–Kier alpha value is -5.43. The summed E-state index contributed by atoms with van der Waals surface area (Å²) in [6, 6.07) is 18.1. The number of carbonyl (C=O) groups is 1. The van der Waals surface area contributed by atoms with Gasteiger partial charge in [0.2, 0.25) is 0 Å². The summed E-state index contributed by atoms with van der Waals surface area (Å²) in [6.07, 6.45) is 4.40. The molecule has 5 aromatic rings. The first-order valence-electron chi connectivity index (χ1n) is 11.3. The lowest BCUT2D eigenvalue weighted by Gasteiger charge is -2.13. The predicted octanol–water partition coefficient (Wildman–Crippen LogP) is 5.68. The van der Waals surface area contributed by atoms with Crippen molar-refractivity contribution >= 4 is 33.9 Å². The van der Waals surface area contributed by atoms with Gasteiger partial charge in [0.1, 0.15) is 17.3 Å². The van der Waals surface area contributed by atoms with E-state index < -0.39 is 5.91 Å². The van der Waals surface area contributed by atoms with Crippen LogP contribution in [0.2, 0.25) is 0 Å². The first-order chi connectivity index (χ1) is 18.0. The summed E-state index contributed by atoms with van der Waals surface area (Å²) < 4.78 is 1.28. The van der Waals surface area contributed by atoms with E-state index in [0.717, 1.165) is 11.1 Å². The van der Waals surface area contributed by atoms with E-state index in [2.05, 4.69) is 30.6 Å². The number of benzene rings is 3. The number of aromatic hydroxyl groups is 1.